The van der Waals surface area contributed by atoms with Gasteiger partial charge in [0.05, 0.1) is 31.6 Å². The highest BCUT2D eigenvalue weighted by Gasteiger charge is 2.37. The molecular formula is C25H39N5O3Si. The molecule has 2 aromatic rings. The lowest BCUT2D eigenvalue weighted by Gasteiger charge is -2.36. The number of aromatic nitrogens is 2. The van der Waals surface area contributed by atoms with Crippen LogP contribution in [0.3, 0.4) is 0 Å². The van der Waals surface area contributed by atoms with Gasteiger partial charge in [0.25, 0.3) is 0 Å². The highest BCUT2D eigenvalue weighted by Crippen LogP contribution is 2.37. The van der Waals surface area contributed by atoms with E-state index >= 15 is 0 Å². The van der Waals surface area contributed by atoms with Crippen molar-refractivity contribution in [3.8, 4) is 11.4 Å². The molecule has 186 valence electrons. The smallest absolute Gasteiger partial charge is 0.319 e. The molecule has 0 spiro atoms. The molecule has 2 N–H and O–H groups in total. The quantitative estimate of drug-likeness (QED) is 0.535. The standard InChI is InChI=1S/C25H39N5O3Si/c1-8-26-24(31)28-20-11-9-19(10-12-20)23-27-21(17-33-34(6,7)25(3,4)5)15-22(29-23)30-13-14-32-16-18(30)2/h9-12,15,18H,8,13-14,16-17H2,1-7H3,(H2,26,28,31). The van der Waals surface area contributed by atoms with Gasteiger partial charge in [-0.25, -0.2) is 14.8 Å². The highest BCUT2D eigenvalue weighted by atomic mass is 28.4. The summed E-state index contributed by atoms with van der Waals surface area (Å²) < 4.78 is 12.1. The normalized spacial score (nSPS) is 16.9. The lowest BCUT2D eigenvalue weighted by atomic mass is 10.2. The third-order valence-corrected chi connectivity index (χ3v) is 11.0. The zero-order valence-corrected chi connectivity index (χ0v) is 22.6. The second-order valence-electron chi connectivity index (χ2n) is 10.3. The number of anilines is 2. The molecule has 0 radical (unpaired) electrons. The van der Waals surface area contributed by atoms with Gasteiger partial charge in [-0.05, 0) is 56.2 Å². The van der Waals surface area contributed by atoms with E-state index in [9.17, 15) is 4.79 Å². The molecule has 8 nitrogen and oxygen atoms in total. The van der Waals surface area contributed by atoms with Crippen LogP contribution in [0.4, 0.5) is 16.3 Å². The predicted molar refractivity (Wildman–Crippen MR) is 140 cm³/mol. The number of nitrogens with zero attached hydrogens (tertiary/aromatic N) is 3. The molecule has 0 bridgehead atoms. The molecule has 9 heteroatoms. The van der Waals surface area contributed by atoms with Crippen LogP contribution in [-0.2, 0) is 15.8 Å². The number of carbonyl (C=O) groups excluding carboxylic acids is 1. The van der Waals surface area contributed by atoms with Crippen molar-refractivity contribution in [3.63, 3.8) is 0 Å². The summed E-state index contributed by atoms with van der Waals surface area (Å²) >= 11 is 0. The molecule has 1 fully saturated rings. The Morgan fingerprint density at radius 2 is 1.94 bits per heavy atom. The number of hydrogen-bond acceptors (Lipinski definition) is 6. The van der Waals surface area contributed by atoms with Crippen molar-refractivity contribution >= 4 is 25.9 Å². The van der Waals surface area contributed by atoms with Crippen LogP contribution in [0.5, 0.6) is 0 Å². The molecule has 1 aromatic carbocycles. The molecule has 1 unspecified atom stereocenters. The van der Waals surface area contributed by atoms with E-state index in [1.54, 1.807) is 0 Å². The van der Waals surface area contributed by atoms with Gasteiger partial charge >= 0.3 is 6.03 Å². The van der Waals surface area contributed by atoms with Crippen molar-refractivity contribution in [2.24, 2.45) is 0 Å². The van der Waals surface area contributed by atoms with Gasteiger partial charge in [-0.3, -0.25) is 0 Å². The van der Waals surface area contributed by atoms with Crippen LogP contribution in [-0.4, -0.2) is 56.7 Å². The number of urea groups is 1. The molecular weight excluding hydrogens is 446 g/mol. The summed E-state index contributed by atoms with van der Waals surface area (Å²) in [6.07, 6.45) is 0. The van der Waals surface area contributed by atoms with E-state index in [1.807, 2.05) is 37.3 Å². The topological polar surface area (TPSA) is 88.6 Å². The monoisotopic (exact) mass is 485 g/mol. The third-order valence-electron chi connectivity index (χ3n) is 6.55. The third kappa shape index (κ3) is 6.55. The van der Waals surface area contributed by atoms with Crippen molar-refractivity contribution < 1.29 is 14.0 Å². The fraction of sp³-hybridized carbons (Fsp3) is 0.560. The number of carbonyl (C=O) groups is 1. The first kappa shape index (κ1) is 26.1. The Hall–Kier alpha value is -2.49. The molecule has 34 heavy (non-hydrogen) atoms. The minimum atomic E-state index is -1.93. The Morgan fingerprint density at radius 3 is 2.56 bits per heavy atom. The molecule has 0 saturated carbocycles. The molecule has 1 aromatic heterocycles. The zero-order chi connectivity index (χ0) is 24.9. The summed E-state index contributed by atoms with van der Waals surface area (Å²) in [6, 6.07) is 9.65. The van der Waals surface area contributed by atoms with Crippen LogP contribution in [0.1, 0.15) is 40.3 Å². The zero-order valence-electron chi connectivity index (χ0n) is 21.6. The Balaban J connectivity index is 1.90. The molecule has 1 saturated heterocycles. The number of nitrogens with one attached hydrogen (secondary N) is 2. The number of hydrogen-bond donors (Lipinski definition) is 2. The second kappa shape index (κ2) is 10.8. The first-order valence-electron chi connectivity index (χ1n) is 12.0. The summed E-state index contributed by atoms with van der Waals surface area (Å²) in [5.41, 5.74) is 2.47. The van der Waals surface area contributed by atoms with Crippen LogP contribution in [0.2, 0.25) is 18.1 Å². The van der Waals surface area contributed by atoms with Gasteiger partial charge in [0.15, 0.2) is 14.1 Å². The number of morpholine rings is 1. The summed E-state index contributed by atoms with van der Waals surface area (Å²) in [4.78, 5) is 23.8. The lowest BCUT2D eigenvalue weighted by Crippen LogP contribution is -2.44. The molecule has 2 heterocycles. The molecule has 1 aliphatic rings. The van der Waals surface area contributed by atoms with E-state index in [1.165, 1.54) is 0 Å². The average Bonchev–Trinajstić information content (AvgIpc) is 2.78. The number of benzene rings is 1. The minimum absolute atomic E-state index is 0.122. The molecule has 3 rings (SSSR count). The van der Waals surface area contributed by atoms with Gasteiger partial charge in [-0.15, -0.1) is 0 Å². The first-order chi connectivity index (χ1) is 16.0. The largest absolute Gasteiger partial charge is 0.411 e. The maximum absolute atomic E-state index is 11.8. The summed E-state index contributed by atoms with van der Waals surface area (Å²) in [6.45, 7) is 18.4. The van der Waals surface area contributed by atoms with Gasteiger partial charge in [-0.1, -0.05) is 20.8 Å². The SMILES string of the molecule is CCNC(=O)Nc1ccc(-c2nc(CO[Si](C)(C)C(C)(C)C)cc(N3CCOCC3C)n2)cc1. The number of ether oxygens (including phenoxy) is 1. The maximum atomic E-state index is 11.8. The fourth-order valence-corrected chi connectivity index (χ4v) is 4.35. The van der Waals surface area contributed by atoms with Crippen molar-refractivity contribution in [2.45, 2.75) is 65.4 Å². The second-order valence-corrected chi connectivity index (χ2v) is 15.1. The van der Waals surface area contributed by atoms with Gasteiger partial charge in [-0.2, -0.15) is 0 Å². The fourth-order valence-electron chi connectivity index (χ4n) is 3.41. The van der Waals surface area contributed by atoms with Gasteiger partial charge in [0.1, 0.15) is 5.82 Å². The molecule has 0 aliphatic carbocycles. The Bertz CT molecular complexity index is 976. The molecule has 1 aliphatic heterocycles. The van der Waals surface area contributed by atoms with Crippen LogP contribution >= 0.6 is 0 Å². The summed E-state index contributed by atoms with van der Waals surface area (Å²) in [7, 11) is -1.93. The van der Waals surface area contributed by atoms with Crippen LogP contribution in [0, 0.1) is 0 Å². The summed E-state index contributed by atoms with van der Waals surface area (Å²) in [5, 5.41) is 5.68. The van der Waals surface area contributed by atoms with Gasteiger partial charge in [0.2, 0.25) is 0 Å². The maximum Gasteiger partial charge on any atom is 0.319 e. The van der Waals surface area contributed by atoms with E-state index in [0.29, 0.717) is 37.9 Å². The average molecular weight is 486 g/mol. The van der Waals surface area contributed by atoms with Crippen molar-refractivity contribution in [3.05, 3.63) is 36.0 Å². The van der Waals surface area contributed by atoms with Crippen LogP contribution < -0.4 is 15.5 Å². The molecule has 1 atom stereocenters. The Kier molecular flexibility index (Phi) is 8.32. The summed E-state index contributed by atoms with van der Waals surface area (Å²) in [5.74, 6) is 1.54. The first-order valence-corrected chi connectivity index (χ1v) is 14.9. The van der Waals surface area contributed by atoms with Crippen molar-refractivity contribution in [2.75, 3.05) is 36.5 Å². The van der Waals surface area contributed by atoms with E-state index in [-0.39, 0.29) is 17.1 Å². The van der Waals surface area contributed by atoms with E-state index in [2.05, 4.69) is 56.3 Å². The van der Waals surface area contributed by atoms with Crippen LogP contribution in [0.15, 0.2) is 30.3 Å². The van der Waals surface area contributed by atoms with Crippen molar-refractivity contribution in [1.29, 1.82) is 0 Å². The van der Waals surface area contributed by atoms with E-state index in [0.717, 1.165) is 23.6 Å². The number of rotatable bonds is 7. The minimum Gasteiger partial charge on any atom is -0.411 e. The van der Waals surface area contributed by atoms with Crippen LogP contribution in [0.25, 0.3) is 11.4 Å². The van der Waals surface area contributed by atoms with E-state index < -0.39 is 8.32 Å². The Morgan fingerprint density at radius 1 is 1.24 bits per heavy atom. The van der Waals surface area contributed by atoms with Gasteiger partial charge < -0.3 is 24.7 Å². The Labute approximate surface area is 204 Å². The highest BCUT2D eigenvalue weighted by molar-refractivity contribution is 6.74. The van der Waals surface area contributed by atoms with Crippen molar-refractivity contribution in [1.82, 2.24) is 15.3 Å². The number of amides is 2. The van der Waals surface area contributed by atoms with Gasteiger partial charge in [0, 0.05) is 30.4 Å². The lowest BCUT2D eigenvalue weighted by molar-refractivity contribution is 0.0985. The molecule has 2 amide bonds. The van der Waals surface area contributed by atoms with E-state index in [4.69, 9.17) is 19.1 Å². The predicted octanol–water partition coefficient (Wildman–Crippen LogP) is 5.03.